The molecule has 1 aromatic heterocycles. The van der Waals surface area contributed by atoms with E-state index >= 15 is 0 Å². The van der Waals surface area contributed by atoms with Gasteiger partial charge < -0.3 is 14.8 Å². The monoisotopic (exact) mass is 341 g/mol. The van der Waals surface area contributed by atoms with Gasteiger partial charge in [0.05, 0.1) is 18.0 Å². The molecule has 0 aliphatic heterocycles. The summed E-state index contributed by atoms with van der Waals surface area (Å²) >= 11 is 6.04. The minimum absolute atomic E-state index is 0.123. The van der Waals surface area contributed by atoms with Gasteiger partial charge in [0.15, 0.2) is 5.75 Å². The van der Waals surface area contributed by atoms with E-state index in [0.29, 0.717) is 22.0 Å². The summed E-state index contributed by atoms with van der Waals surface area (Å²) < 4.78 is 5.10. The van der Waals surface area contributed by atoms with Gasteiger partial charge in [0.25, 0.3) is 0 Å². The van der Waals surface area contributed by atoms with Crippen LogP contribution in [0.25, 0.3) is 22.5 Å². The van der Waals surface area contributed by atoms with E-state index in [4.69, 9.17) is 16.3 Å². The smallest absolute Gasteiger partial charge is 0.344 e. The number of nitrogens with one attached hydrogen (secondary N) is 1. The van der Waals surface area contributed by atoms with Crippen LogP contribution in [0.5, 0.6) is 5.75 Å². The molecule has 0 unspecified atom stereocenters. The zero-order valence-corrected chi connectivity index (χ0v) is 13.8. The minimum atomic E-state index is -0.571. The lowest BCUT2D eigenvalue weighted by molar-refractivity contribution is 0.0524. The van der Waals surface area contributed by atoms with Gasteiger partial charge >= 0.3 is 5.97 Å². The summed E-state index contributed by atoms with van der Waals surface area (Å²) in [5.41, 5.74) is 2.54. The Hall–Kier alpha value is -2.72. The number of benzene rings is 2. The molecule has 0 aliphatic carbocycles. The fourth-order valence-corrected chi connectivity index (χ4v) is 2.76. The van der Waals surface area contributed by atoms with Crippen molar-refractivity contribution in [3.63, 3.8) is 0 Å². The number of aromatic amines is 1. The number of halogens is 1. The molecule has 122 valence electrons. The van der Waals surface area contributed by atoms with Gasteiger partial charge in [0.1, 0.15) is 5.56 Å². The molecule has 0 amide bonds. The number of aromatic nitrogens is 1. The van der Waals surface area contributed by atoms with E-state index in [9.17, 15) is 9.90 Å². The van der Waals surface area contributed by atoms with Gasteiger partial charge in [-0.2, -0.15) is 0 Å². The van der Waals surface area contributed by atoms with Gasteiger partial charge in [0.2, 0.25) is 0 Å². The summed E-state index contributed by atoms with van der Waals surface area (Å²) in [4.78, 5) is 15.5. The fraction of sp³-hybridized carbons (Fsp3) is 0.105. The SMILES string of the molecule is CCOC(=O)c1c(-c2ccccc2)[nH]c(-c2cccc(Cl)c2)c1O. The van der Waals surface area contributed by atoms with E-state index in [2.05, 4.69) is 4.98 Å². The normalized spacial score (nSPS) is 10.6. The molecule has 0 spiro atoms. The van der Waals surface area contributed by atoms with E-state index in [1.54, 1.807) is 31.2 Å². The molecule has 0 fully saturated rings. The van der Waals surface area contributed by atoms with Crippen LogP contribution >= 0.6 is 11.6 Å². The number of H-pyrrole nitrogens is 1. The first-order valence-corrected chi connectivity index (χ1v) is 7.93. The highest BCUT2D eigenvalue weighted by Crippen LogP contribution is 2.39. The Morgan fingerprint density at radius 3 is 2.46 bits per heavy atom. The molecular formula is C19H16ClNO3. The highest BCUT2D eigenvalue weighted by Gasteiger charge is 2.25. The zero-order valence-electron chi connectivity index (χ0n) is 13.0. The van der Waals surface area contributed by atoms with Gasteiger partial charge in [-0.3, -0.25) is 0 Å². The van der Waals surface area contributed by atoms with E-state index < -0.39 is 5.97 Å². The van der Waals surface area contributed by atoms with Crippen molar-refractivity contribution in [3.05, 3.63) is 65.2 Å². The molecule has 0 saturated heterocycles. The standard InChI is InChI=1S/C19H16ClNO3/c1-2-24-19(23)15-16(12-7-4-3-5-8-12)21-17(18(15)22)13-9-6-10-14(20)11-13/h3-11,21-22H,2H2,1H3. The number of hydrogen-bond donors (Lipinski definition) is 2. The zero-order chi connectivity index (χ0) is 17.1. The molecule has 0 atom stereocenters. The molecule has 5 heteroatoms. The van der Waals surface area contributed by atoms with E-state index in [-0.39, 0.29) is 17.9 Å². The molecule has 2 N–H and O–H groups in total. The fourth-order valence-electron chi connectivity index (χ4n) is 2.57. The Morgan fingerprint density at radius 1 is 1.08 bits per heavy atom. The van der Waals surface area contributed by atoms with E-state index in [1.807, 2.05) is 30.3 Å². The summed E-state index contributed by atoms with van der Waals surface area (Å²) in [7, 11) is 0. The van der Waals surface area contributed by atoms with Crippen LogP contribution in [0.15, 0.2) is 54.6 Å². The van der Waals surface area contributed by atoms with Crippen LogP contribution in [0.4, 0.5) is 0 Å². The number of ether oxygens (including phenoxy) is 1. The third-order valence-corrected chi connectivity index (χ3v) is 3.86. The first-order chi connectivity index (χ1) is 11.6. The van der Waals surface area contributed by atoms with Crippen molar-refractivity contribution in [3.8, 4) is 28.3 Å². The van der Waals surface area contributed by atoms with Crippen molar-refractivity contribution in [1.82, 2.24) is 4.98 Å². The first-order valence-electron chi connectivity index (χ1n) is 7.55. The number of rotatable bonds is 4. The van der Waals surface area contributed by atoms with E-state index in [0.717, 1.165) is 5.56 Å². The predicted molar refractivity (Wildman–Crippen MR) is 94.3 cm³/mol. The highest BCUT2D eigenvalue weighted by atomic mass is 35.5. The minimum Gasteiger partial charge on any atom is -0.505 e. The molecule has 0 aliphatic rings. The highest BCUT2D eigenvalue weighted by molar-refractivity contribution is 6.30. The van der Waals surface area contributed by atoms with Crippen molar-refractivity contribution in [1.29, 1.82) is 0 Å². The molecule has 24 heavy (non-hydrogen) atoms. The van der Waals surface area contributed by atoms with Crippen molar-refractivity contribution >= 4 is 17.6 Å². The molecule has 0 bridgehead atoms. The molecule has 3 rings (SSSR count). The number of aromatic hydroxyl groups is 1. The second kappa shape index (κ2) is 6.81. The maximum atomic E-state index is 12.3. The Labute approximate surface area is 144 Å². The lowest BCUT2D eigenvalue weighted by atomic mass is 10.1. The summed E-state index contributed by atoms with van der Waals surface area (Å²) in [6.07, 6.45) is 0. The lowest BCUT2D eigenvalue weighted by Gasteiger charge is -2.04. The van der Waals surface area contributed by atoms with Gasteiger partial charge in [-0.1, -0.05) is 54.1 Å². The summed E-state index contributed by atoms with van der Waals surface area (Å²) in [5.74, 6) is -0.715. The molecule has 2 aromatic carbocycles. The maximum absolute atomic E-state index is 12.3. The number of carbonyl (C=O) groups is 1. The van der Waals surface area contributed by atoms with Crippen LogP contribution in [-0.2, 0) is 4.74 Å². The van der Waals surface area contributed by atoms with Crippen LogP contribution in [0.2, 0.25) is 5.02 Å². The average Bonchev–Trinajstić information content (AvgIpc) is 2.93. The summed E-state index contributed by atoms with van der Waals surface area (Å²) in [6.45, 7) is 1.95. The third kappa shape index (κ3) is 3.01. The molecule has 3 aromatic rings. The van der Waals surface area contributed by atoms with Crippen LogP contribution in [0.1, 0.15) is 17.3 Å². The molecule has 1 heterocycles. The third-order valence-electron chi connectivity index (χ3n) is 3.63. The predicted octanol–water partition coefficient (Wildman–Crippen LogP) is 4.88. The van der Waals surface area contributed by atoms with Gasteiger partial charge in [0, 0.05) is 10.6 Å². The van der Waals surface area contributed by atoms with Gasteiger partial charge in [-0.15, -0.1) is 0 Å². The summed E-state index contributed by atoms with van der Waals surface area (Å²) in [5, 5.41) is 11.2. The van der Waals surface area contributed by atoms with Crippen molar-refractivity contribution in [2.45, 2.75) is 6.92 Å². The largest absolute Gasteiger partial charge is 0.505 e. The lowest BCUT2D eigenvalue weighted by Crippen LogP contribution is -2.05. The number of carbonyl (C=O) groups excluding carboxylic acids is 1. The molecule has 0 radical (unpaired) electrons. The topological polar surface area (TPSA) is 62.3 Å². The average molecular weight is 342 g/mol. The maximum Gasteiger partial charge on any atom is 0.344 e. The quantitative estimate of drug-likeness (QED) is 0.664. The van der Waals surface area contributed by atoms with Crippen molar-refractivity contribution < 1.29 is 14.6 Å². The van der Waals surface area contributed by atoms with Crippen LogP contribution in [-0.4, -0.2) is 22.7 Å². The second-order valence-electron chi connectivity index (χ2n) is 5.20. The first kappa shape index (κ1) is 16.1. The molecule has 4 nitrogen and oxygen atoms in total. The van der Waals surface area contributed by atoms with Crippen LogP contribution in [0.3, 0.4) is 0 Å². The Balaban J connectivity index is 2.21. The summed E-state index contributed by atoms with van der Waals surface area (Å²) in [6, 6.07) is 16.4. The van der Waals surface area contributed by atoms with Crippen molar-refractivity contribution in [2.24, 2.45) is 0 Å². The molecular weight excluding hydrogens is 326 g/mol. The van der Waals surface area contributed by atoms with E-state index in [1.165, 1.54) is 0 Å². The van der Waals surface area contributed by atoms with Crippen LogP contribution < -0.4 is 0 Å². The molecule has 0 saturated carbocycles. The number of hydrogen-bond acceptors (Lipinski definition) is 3. The number of esters is 1. The van der Waals surface area contributed by atoms with Crippen molar-refractivity contribution in [2.75, 3.05) is 6.61 Å². The Bertz CT molecular complexity index is 872. The second-order valence-corrected chi connectivity index (χ2v) is 5.63. The Morgan fingerprint density at radius 2 is 1.79 bits per heavy atom. The van der Waals surface area contributed by atoms with Gasteiger partial charge in [-0.25, -0.2) is 4.79 Å². The van der Waals surface area contributed by atoms with Crippen LogP contribution in [0, 0.1) is 0 Å². The van der Waals surface area contributed by atoms with Gasteiger partial charge in [-0.05, 0) is 24.6 Å². The Kier molecular flexibility index (Phi) is 4.58.